The van der Waals surface area contributed by atoms with E-state index in [2.05, 4.69) is 19.4 Å². The van der Waals surface area contributed by atoms with E-state index in [1.165, 1.54) is 0 Å². The van der Waals surface area contributed by atoms with Gasteiger partial charge in [-0.05, 0) is 0 Å². The maximum Gasteiger partial charge on any atom is 0.294 e. The molecule has 19 heteroatoms. The first-order valence-electron chi connectivity index (χ1n) is 7.38. The normalized spacial score (nSPS) is 11.4. The van der Waals surface area contributed by atoms with Crippen LogP contribution in [0.25, 0.3) is 0 Å². The van der Waals surface area contributed by atoms with Gasteiger partial charge in [-0.3, -0.25) is 0 Å². The molecular weight excluding hydrogens is 416 g/mol. The van der Waals surface area contributed by atoms with Gasteiger partial charge in [-0.1, -0.05) is 0 Å². The highest BCUT2D eigenvalue weighted by atomic mass is 17.0. The molecule has 19 nitrogen and oxygen atoms in total. The van der Waals surface area contributed by atoms with Crippen molar-refractivity contribution in [1.82, 2.24) is 0 Å². The summed E-state index contributed by atoms with van der Waals surface area (Å²) in [6, 6.07) is 0. The number of hydrogen-bond acceptors (Lipinski definition) is 15. The zero-order valence-corrected chi connectivity index (χ0v) is 14.6. The molecule has 0 spiro atoms. The molecule has 0 rings (SSSR count). The van der Waals surface area contributed by atoms with E-state index in [0.717, 1.165) is 0 Å². The van der Waals surface area contributed by atoms with Crippen molar-refractivity contribution in [3.8, 4) is 0 Å². The van der Waals surface area contributed by atoms with Gasteiger partial charge in [-0.2, -0.15) is 0 Å². The van der Waals surface area contributed by atoms with Crippen LogP contribution in [0.2, 0.25) is 0 Å². The van der Waals surface area contributed by atoms with E-state index < -0.39 is 84.0 Å². The van der Waals surface area contributed by atoms with Crippen molar-refractivity contribution in [1.29, 1.82) is 0 Å². The molecule has 0 saturated heterocycles. The maximum atomic E-state index is 10.4. The van der Waals surface area contributed by atoms with Crippen LogP contribution in [0.4, 0.5) is 0 Å². The summed E-state index contributed by atoms with van der Waals surface area (Å²) in [7, 11) is 0. The molecule has 0 atom stereocenters. The average molecular weight is 434 g/mol. The first-order valence-corrected chi connectivity index (χ1v) is 7.38. The fourth-order valence-corrected chi connectivity index (χ4v) is 1.77. The predicted molar refractivity (Wildman–Crippen MR) is 81.6 cm³/mol. The molecule has 0 aliphatic carbocycles. The Labute approximate surface area is 160 Å². The quantitative estimate of drug-likeness (QED) is 0.171. The van der Waals surface area contributed by atoms with Crippen LogP contribution in [0.1, 0.15) is 0 Å². The Hall–Kier alpha value is -3.32. The van der Waals surface area contributed by atoms with E-state index in [1.807, 2.05) is 0 Å². The largest absolute Gasteiger partial charge is 0.396 e. The van der Waals surface area contributed by atoms with Gasteiger partial charge in [0.05, 0.1) is 37.3 Å². The molecule has 0 amide bonds. The summed E-state index contributed by atoms with van der Waals surface area (Å²) >= 11 is 0. The summed E-state index contributed by atoms with van der Waals surface area (Å²) in [4.78, 5) is 57.9. The van der Waals surface area contributed by atoms with Crippen molar-refractivity contribution in [2.45, 2.75) is 0 Å². The second-order valence-electron chi connectivity index (χ2n) is 5.80. The Morgan fingerprint density at radius 3 is 0.966 bits per heavy atom. The topological polar surface area (TPSA) is 259 Å². The third-order valence-electron chi connectivity index (χ3n) is 3.39. The van der Waals surface area contributed by atoms with Crippen molar-refractivity contribution in [3.63, 3.8) is 0 Å². The molecular formula is C10H18N4O15. The lowest BCUT2D eigenvalue weighted by Gasteiger charge is -2.33. The number of rotatable bonds is 18. The lowest BCUT2D eigenvalue weighted by Crippen LogP contribution is -2.46. The van der Waals surface area contributed by atoms with Crippen LogP contribution in [0.5, 0.6) is 0 Å². The summed E-state index contributed by atoms with van der Waals surface area (Å²) in [6.07, 6.45) is 0. The first kappa shape index (κ1) is 25.7. The number of aliphatic hydroxyl groups excluding tert-OH is 2. The molecule has 0 aliphatic heterocycles. The molecule has 0 radical (unpaired) electrons. The number of nitrogens with zero attached hydrogens (tertiary/aromatic N) is 4. The molecule has 29 heavy (non-hydrogen) atoms. The molecule has 0 aromatic rings. The second kappa shape index (κ2) is 12.2. The van der Waals surface area contributed by atoms with Crippen molar-refractivity contribution < 1.29 is 54.6 Å². The van der Waals surface area contributed by atoms with Gasteiger partial charge in [0.1, 0.15) is 26.4 Å². The molecule has 0 saturated carbocycles. The Bertz CT molecular complexity index is 487. The summed E-state index contributed by atoms with van der Waals surface area (Å²) in [5.41, 5.74) is -3.65. The van der Waals surface area contributed by atoms with Gasteiger partial charge in [0.2, 0.25) is 0 Å². The third-order valence-corrected chi connectivity index (χ3v) is 3.39. The molecule has 0 aromatic heterocycles. The third kappa shape index (κ3) is 10.6. The van der Waals surface area contributed by atoms with E-state index in [1.54, 1.807) is 0 Å². The zero-order valence-electron chi connectivity index (χ0n) is 14.6. The summed E-state index contributed by atoms with van der Waals surface area (Å²) in [5, 5.41) is 55.5. The fraction of sp³-hybridized carbons (Fsp3) is 1.00. The van der Waals surface area contributed by atoms with Crippen LogP contribution in [0.3, 0.4) is 0 Å². The number of aliphatic hydroxyl groups is 2. The summed E-state index contributed by atoms with van der Waals surface area (Å²) in [6.45, 7) is -6.88. The second-order valence-corrected chi connectivity index (χ2v) is 5.80. The van der Waals surface area contributed by atoms with Crippen molar-refractivity contribution in [2.75, 3.05) is 52.9 Å². The average Bonchev–Trinajstić information content (AvgIpc) is 2.65. The fourth-order valence-electron chi connectivity index (χ4n) is 1.77. The number of ether oxygens (including phenoxy) is 1. The minimum atomic E-state index is -1.82. The van der Waals surface area contributed by atoms with Gasteiger partial charge in [-0.15, -0.1) is 40.5 Å². The van der Waals surface area contributed by atoms with Crippen LogP contribution in [0.15, 0.2) is 0 Å². The molecule has 0 aromatic carbocycles. The lowest BCUT2D eigenvalue weighted by molar-refractivity contribution is -0.773. The molecule has 168 valence electrons. The minimum absolute atomic E-state index is 0.705. The SMILES string of the molecule is O=[N+]([O-])OCC(CO)(COCC(CO)(CO[N+](=O)[O-])CO[N+](=O)[O-])CO[N+](=O)[O-]. The smallest absolute Gasteiger partial charge is 0.294 e. The first-order chi connectivity index (χ1) is 13.5. The molecule has 0 unspecified atom stereocenters. The van der Waals surface area contributed by atoms with Gasteiger partial charge in [-0.25, -0.2) is 0 Å². The summed E-state index contributed by atoms with van der Waals surface area (Å²) in [5.74, 6) is 0. The van der Waals surface area contributed by atoms with E-state index in [0.29, 0.717) is 0 Å². The summed E-state index contributed by atoms with van der Waals surface area (Å²) < 4.78 is 5.15. The lowest BCUT2D eigenvalue weighted by atomic mass is 9.90. The minimum Gasteiger partial charge on any atom is -0.396 e. The molecule has 2 N–H and O–H groups in total. The van der Waals surface area contributed by atoms with Gasteiger partial charge in [0, 0.05) is 0 Å². The predicted octanol–water partition coefficient (Wildman–Crippen LogP) is -2.21. The molecule has 0 heterocycles. The highest BCUT2D eigenvalue weighted by Gasteiger charge is 2.37. The van der Waals surface area contributed by atoms with Crippen LogP contribution in [-0.2, 0) is 24.1 Å². The van der Waals surface area contributed by atoms with Crippen molar-refractivity contribution in [3.05, 3.63) is 40.5 Å². The van der Waals surface area contributed by atoms with Crippen molar-refractivity contribution >= 4 is 0 Å². The van der Waals surface area contributed by atoms with Crippen LogP contribution in [-0.4, -0.2) is 83.4 Å². The van der Waals surface area contributed by atoms with Crippen LogP contribution < -0.4 is 0 Å². The molecule has 0 aliphatic rings. The van der Waals surface area contributed by atoms with Crippen LogP contribution >= 0.6 is 0 Å². The van der Waals surface area contributed by atoms with E-state index in [4.69, 9.17) is 4.74 Å². The van der Waals surface area contributed by atoms with Gasteiger partial charge < -0.3 is 34.3 Å². The highest BCUT2D eigenvalue weighted by Crippen LogP contribution is 2.23. The van der Waals surface area contributed by atoms with Gasteiger partial charge in [0.15, 0.2) is 0 Å². The van der Waals surface area contributed by atoms with Crippen LogP contribution in [0, 0.1) is 51.3 Å². The standard InChI is InChI=1S/C10H18N4O15/c15-1-9(5-26-11(17)18,6-27-12(19)20)3-25-4-10(2-16,7-28-13(21)22)8-29-14(23)24/h15-16H,1-8H2. The van der Waals surface area contributed by atoms with Gasteiger partial charge in [0.25, 0.3) is 20.3 Å². The van der Waals surface area contributed by atoms with Crippen molar-refractivity contribution in [2.24, 2.45) is 10.8 Å². The monoisotopic (exact) mass is 434 g/mol. The molecule has 0 bridgehead atoms. The Morgan fingerprint density at radius 2 is 0.793 bits per heavy atom. The highest BCUT2D eigenvalue weighted by molar-refractivity contribution is 4.81. The van der Waals surface area contributed by atoms with E-state index in [-0.39, 0.29) is 0 Å². The number of hydrogen-bond donors (Lipinski definition) is 2. The Morgan fingerprint density at radius 1 is 0.552 bits per heavy atom. The maximum absolute atomic E-state index is 10.4. The van der Waals surface area contributed by atoms with E-state index in [9.17, 15) is 50.7 Å². The zero-order chi connectivity index (χ0) is 22.5. The van der Waals surface area contributed by atoms with Gasteiger partial charge >= 0.3 is 0 Å². The Balaban J connectivity index is 5.24. The Kier molecular flexibility index (Phi) is 10.8. The molecule has 0 fully saturated rings. The van der Waals surface area contributed by atoms with E-state index >= 15 is 0 Å².